The van der Waals surface area contributed by atoms with E-state index < -0.39 is 0 Å². The first-order valence-electron chi connectivity index (χ1n) is 4.55. The lowest BCUT2D eigenvalue weighted by molar-refractivity contribution is 1.07. The second-order valence-corrected chi connectivity index (χ2v) is 2.75. The summed E-state index contributed by atoms with van der Waals surface area (Å²) in [6, 6.07) is 9.99. The van der Waals surface area contributed by atoms with Gasteiger partial charge in [0.2, 0.25) is 0 Å². The molecule has 1 fully saturated rings. The predicted molar refractivity (Wildman–Crippen MR) is 60.0 cm³/mol. The molecule has 74 valence electrons. The maximum Gasteiger partial charge on any atom is 0.0178 e. The highest BCUT2D eigenvalue weighted by Crippen LogP contribution is 2.14. The minimum Gasteiger partial charge on any atom is -0.326 e. The van der Waals surface area contributed by atoms with Crippen molar-refractivity contribution in [2.45, 2.75) is 25.8 Å². The third-order valence-corrected chi connectivity index (χ3v) is 1.43. The number of hydrogen-bond acceptors (Lipinski definition) is 1. The number of nitrogens with two attached hydrogens (primary N) is 1. The first-order chi connectivity index (χ1) is 6.43. The zero-order chi connectivity index (χ0) is 9.94. The monoisotopic (exact) mass is 199 g/mol. The fourth-order valence-corrected chi connectivity index (χ4v) is 0.614. The Morgan fingerprint density at radius 3 is 1.77 bits per heavy atom. The maximum atomic E-state index is 5.35. The van der Waals surface area contributed by atoms with Gasteiger partial charge in [-0.2, -0.15) is 0 Å². The van der Waals surface area contributed by atoms with E-state index in [1.165, 1.54) is 31.2 Å². The number of benzene rings is 1. The van der Waals surface area contributed by atoms with E-state index in [4.69, 9.17) is 5.73 Å². The second-order valence-electron chi connectivity index (χ2n) is 2.75. The Labute approximate surface area is 85.9 Å². The Morgan fingerprint density at radius 1 is 1.08 bits per heavy atom. The van der Waals surface area contributed by atoms with Gasteiger partial charge < -0.3 is 5.73 Å². The molecule has 2 N–H and O–H groups in total. The van der Waals surface area contributed by atoms with Gasteiger partial charge in [0, 0.05) is 12.9 Å². The van der Waals surface area contributed by atoms with Crippen LogP contribution in [0.15, 0.2) is 30.3 Å². The number of rotatable bonds is 1. The van der Waals surface area contributed by atoms with Crippen molar-refractivity contribution in [3.63, 3.8) is 0 Å². The quantitative estimate of drug-likeness (QED) is 0.691. The molecule has 2 heteroatoms. The van der Waals surface area contributed by atoms with Crippen molar-refractivity contribution in [1.29, 1.82) is 0 Å². The number of hydrogen-bond donors (Lipinski definition) is 1. The minimum absolute atomic E-state index is 0.640. The summed E-state index contributed by atoms with van der Waals surface area (Å²) in [6.07, 6.45) is 5.97. The van der Waals surface area contributed by atoms with Crippen molar-refractivity contribution >= 4 is 11.6 Å². The van der Waals surface area contributed by atoms with Crippen molar-refractivity contribution in [3.05, 3.63) is 35.9 Å². The lowest BCUT2D eigenvalue weighted by atomic mass is 10.2. The van der Waals surface area contributed by atoms with Crippen LogP contribution in [0.25, 0.3) is 0 Å². The Morgan fingerprint density at radius 2 is 1.54 bits per heavy atom. The average molecular weight is 200 g/mol. The Kier molecular flexibility index (Phi) is 9.17. The minimum atomic E-state index is 0.640. The van der Waals surface area contributed by atoms with E-state index in [2.05, 4.69) is 11.6 Å². The van der Waals surface area contributed by atoms with Crippen molar-refractivity contribution in [3.8, 4) is 0 Å². The fourth-order valence-electron chi connectivity index (χ4n) is 0.614. The Balaban J connectivity index is 0.000000239. The van der Waals surface area contributed by atoms with Crippen molar-refractivity contribution in [2.24, 2.45) is 5.73 Å². The molecule has 0 bridgehead atoms. The molecule has 0 aliphatic heterocycles. The van der Waals surface area contributed by atoms with Gasteiger partial charge in [-0.05, 0) is 5.56 Å². The molecular weight excluding hydrogens is 182 g/mol. The topological polar surface area (TPSA) is 26.0 Å². The summed E-state index contributed by atoms with van der Waals surface area (Å²) in [7, 11) is 0. The van der Waals surface area contributed by atoms with Crippen LogP contribution in [0.2, 0.25) is 0 Å². The molecule has 1 aliphatic carbocycles. The molecule has 0 unspecified atom stereocenters. The van der Waals surface area contributed by atoms with Gasteiger partial charge >= 0.3 is 0 Å². The van der Waals surface area contributed by atoms with Crippen LogP contribution in [-0.2, 0) is 6.54 Å². The molecule has 1 aliphatic rings. The van der Waals surface area contributed by atoms with E-state index in [1.807, 2.05) is 30.3 Å². The van der Waals surface area contributed by atoms with Gasteiger partial charge in [0.1, 0.15) is 0 Å². The molecule has 0 radical (unpaired) electrons. The van der Waals surface area contributed by atoms with E-state index in [1.54, 1.807) is 0 Å². The summed E-state index contributed by atoms with van der Waals surface area (Å²) in [6.45, 7) is 0.640. The van der Waals surface area contributed by atoms with Crippen LogP contribution in [0.3, 0.4) is 0 Å². The predicted octanol–water partition coefficient (Wildman–Crippen LogP) is 3.17. The molecule has 0 atom stereocenters. The third kappa shape index (κ3) is 9.38. The third-order valence-electron chi connectivity index (χ3n) is 1.43. The molecule has 0 heterocycles. The number of alkyl halides is 1. The van der Waals surface area contributed by atoms with Crippen molar-refractivity contribution < 1.29 is 0 Å². The van der Waals surface area contributed by atoms with Crippen LogP contribution in [0.4, 0.5) is 0 Å². The smallest absolute Gasteiger partial charge is 0.0178 e. The molecule has 0 aromatic heterocycles. The first kappa shape index (κ1) is 12.5. The van der Waals surface area contributed by atoms with Gasteiger partial charge in [-0.25, -0.2) is 0 Å². The van der Waals surface area contributed by atoms with Crippen LogP contribution in [0.5, 0.6) is 0 Å². The highest BCUT2D eigenvalue weighted by atomic mass is 35.5. The zero-order valence-electron chi connectivity index (χ0n) is 8.17. The Bertz CT molecular complexity index is 182. The molecule has 1 nitrogen and oxygen atoms in total. The summed E-state index contributed by atoms with van der Waals surface area (Å²) in [5, 5.41) is 0. The molecular formula is C11H18ClN. The summed E-state index contributed by atoms with van der Waals surface area (Å²) < 4.78 is 0. The summed E-state index contributed by atoms with van der Waals surface area (Å²) in [5.41, 5.74) is 6.54. The second kappa shape index (κ2) is 9.56. The average Bonchev–Trinajstić information content (AvgIpc) is 3.09. The highest BCUT2D eigenvalue weighted by Gasteiger charge is 1.95. The molecule has 1 saturated carbocycles. The van der Waals surface area contributed by atoms with E-state index >= 15 is 0 Å². The lowest BCUT2D eigenvalue weighted by Crippen LogP contribution is -1.94. The molecule has 0 amide bonds. The van der Waals surface area contributed by atoms with Gasteiger partial charge in [0.15, 0.2) is 0 Å². The zero-order valence-corrected chi connectivity index (χ0v) is 8.93. The van der Waals surface area contributed by atoms with Crippen LogP contribution in [-0.4, -0.2) is 6.38 Å². The van der Waals surface area contributed by atoms with Gasteiger partial charge in [0.25, 0.3) is 0 Å². The summed E-state index contributed by atoms with van der Waals surface area (Å²) >= 11 is 4.64. The Hall–Kier alpha value is -0.530. The highest BCUT2D eigenvalue weighted by molar-refractivity contribution is 6.15. The summed E-state index contributed by atoms with van der Waals surface area (Å²) in [4.78, 5) is 0. The molecule has 0 saturated heterocycles. The maximum absolute atomic E-state index is 5.35. The van der Waals surface area contributed by atoms with Gasteiger partial charge in [-0.1, -0.05) is 49.6 Å². The normalized spacial score (nSPS) is 11.6. The molecule has 2 rings (SSSR count). The standard InChI is InChI=1S/C7H9N.C3H6.CH3Cl/c8-6-7-4-2-1-3-5-7;1-2-3-1;1-2/h1-5H,6,8H2;1-3H2;1H3. The van der Waals surface area contributed by atoms with Crippen LogP contribution in [0, 0.1) is 0 Å². The molecule has 0 spiro atoms. The molecule has 1 aromatic carbocycles. The van der Waals surface area contributed by atoms with Gasteiger partial charge in [-0.3, -0.25) is 0 Å². The fraction of sp³-hybridized carbons (Fsp3) is 0.455. The van der Waals surface area contributed by atoms with Crippen molar-refractivity contribution in [2.75, 3.05) is 6.38 Å². The van der Waals surface area contributed by atoms with E-state index in [0.717, 1.165) is 0 Å². The first-order valence-corrected chi connectivity index (χ1v) is 5.31. The van der Waals surface area contributed by atoms with E-state index in [9.17, 15) is 0 Å². The van der Waals surface area contributed by atoms with Crippen LogP contribution in [0.1, 0.15) is 24.8 Å². The largest absolute Gasteiger partial charge is 0.326 e. The molecule has 13 heavy (non-hydrogen) atoms. The van der Waals surface area contributed by atoms with Crippen molar-refractivity contribution in [1.82, 2.24) is 0 Å². The van der Waals surface area contributed by atoms with Gasteiger partial charge in [-0.15, -0.1) is 11.6 Å². The lowest BCUT2D eigenvalue weighted by Gasteiger charge is -1.90. The van der Waals surface area contributed by atoms with Crippen LogP contribution >= 0.6 is 11.6 Å². The molecule has 1 aromatic rings. The van der Waals surface area contributed by atoms with E-state index in [-0.39, 0.29) is 0 Å². The van der Waals surface area contributed by atoms with Gasteiger partial charge in [0.05, 0.1) is 0 Å². The van der Waals surface area contributed by atoms with Crippen LogP contribution < -0.4 is 5.73 Å². The number of halogens is 1. The SMILES string of the molecule is C1CC1.CCl.NCc1ccccc1. The van der Waals surface area contributed by atoms with E-state index in [0.29, 0.717) is 6.54 Å². The summed E-state index contributed by atoms with van der Waals surface area (Å²) in [5.74, 6) is 0.